The van der Waals surface area contributed by atoms with Crippen LogP contribution in [-0.4, -0.2) is 11.1 Å². The lowest BCUT2D eigenvalue weighted by molar-refractivity contribution is -0.137. The number of halogens is 4. The van der Waals surface area contributed by atoms with Crippen LogP contribution in [0, 0.1) is 0 Å². The van der Waals surface area contributed by atoms with Gasteiger partial charge in [0.05, 0.1) is 16.1 Å². The lowest BCUT2D eigenvalue weighted by atomic mass is 10.2. The number of ether oxygens (including phenoxy) is 1. The molecule has 0 heterocycles. The van der Waals surface area contributed by atoms with Crippen LogP contribution in [0.15, 0.2) is 42.5 Å². The van der Waals surface area contributed by atoms with E-state index >= 15 is 0 Å². The highest BCUT2D eigenvalue weighted by molar-refractivity contribution is 6.32. The van der Waals surface area contributed by atoms with Crippen molar-refractivity contribution in [2.75, 3.05) is 0 Å². The van der Waals surface area contributed by atoms with Crippen LogP contribution in [0.25, 0.3) is 0 Å². The van der Waals surface area contributed by atoms with Crippen molar-refractivity contribution < 1.29 is 27.8 Å². The molecule has 7 heteroatoms. The molecule has 0 aliphatic carbocycles. The molecule has 0 aliphatic heterocycles. The summed E-state index contributed by atoms with van der Waals surface area (Å²) in [7, 11) is 0. The summed E-state index contributed by atoms with van der Waals surface area (Å²) < 4.78 is 42.6. The monoisotopic (exact) mass is 316 g/mol. The Balaban J connectivity index is 2.20. The van der Waals surface area contributed by atoms with Gasteiger partial charge in [-0.2, -0.15) is 13.2 Å². The van der Waals surface area contributed by atoms with Crippen molar-refractivity contribution in [3.63, 3.8) is 0 Å². The topological polar surface area (TPSA) is 46.5 Å². The van der Waals surface area contributed by atoms with Crippen LogP contribution in [-0.2, 0) is 6.18 Å². The van der Waals surface area contributed by atoms with Crippen molar-refractivity contribution in [2.45, 2.75) is 6.18 Å². The molecule has 0 aromatic heterocycles. The van der Waals surface area contributed by atoms with Crippen LogP contribution in [0.4, 0.5) is 13.2 Å². The number of carboxylic acid groups (broad SMARTS) is 1. The zero-order valence-electron chi connectivity index (χ0n) is 10.3. The first-order chi connectivity index (χ1) is 9.77. The van der Waals surface area contributed by atoms with Gasteiger partial charge >= 0.3 is 12.1 Å². The fraction of sp³-hybridized carbons (Fsp3) is 0.0714. The molecule has 2 aromatic carbocycles. The average molecular weight is 317 g/mol. The molecule has 21 heavy (non-hydrogen) atoms. The molecule has 0 fully saturated rings. The van der Waals surface area contributed by atoms with Gasteiger partial charge in [0, 0.05) is 0 Å². The van der Waals surface area contributed by atoms with Crippen molar-refractivity contribution in [1.82, 2.24) is 0 Å². The lowest BCUT2D eigenvalue weighted by Crippen LogP contribution is -2.04. The van der Waals surface area contributed by atoms with Crippen molar-refractivity contribution in [2.24, 2.45) is 0 Å². The van der Waals surface area contributed by atoms with Gasteiger partial charge in [-0.3, -0.25) is 0 Å². The maximum absolute atomic E-state index is 12.4. The zero-order valence-corrected chi connectivity index (χ0v) is 11.1. The molecule has 0 amide bonds. The summed E-state index contributed by atoms with van der Waals surface area (Å²) in [4.78, 5) is 10.7. The molecule has 0 atom stereocenters. The number of carbonyl (C=O) groups is 1. The first-order valence-corrected chi connectivity index (χ1v) is 6.03. The van der Waals surface area contributed by atoms with E-state index in [1.165, 1.54) is 18.2 Å². The van der Waals surface area contributed by atoms with Gasteiger partial charge in [-0.25, -0.2) is 4.79 Å². The summed E-state index contributed by atoms with van der Waals surface area (Å²) in [5.74, 6) is -0.826. The molecular formula is C14H8ClF3O3. The first-order valence-electron chi connectivity index (χ1n) is 5.65. The van der Waals surface area contributed by atoms with Crippen LogP contribution in [0.1, 0.15) is 15.9 Å². The molecule has 0 radical (unpaired) electrons. The Morgan fingerprint density at radius 2 is 1.71 bits per heavy atom. The van der Waals surface area contributed by atoms with Gasteiger partial charge in [-0.15, -0.1) is 0 Å². The van der Waals surface area contributed by atoms with Crippen LogP contribution in [0.5, 0.6) is 11.5 Å². The Bertz CT molecular complexity index is 666. The highest BCUT2D eigenvalue weighted by Crippen LogP contribution is 2.33. The van der Waals surface area contributed by atoms with E-state index in [1.54, 1.807) is 0 Å². The highest BCUT2D eigenvalue weighted by Gasteiger charge is 2.30. The second kappa shape index (κ2) is 5.65. The maximum atomic E-state index is 12.4. The number of benzene rings is 2. The number of hydrogen-bond donors (Lipinski definition) is 1. The van der Waals surface area contributed by atoms with E-state index < -0.39 is 17.7 Å². The van der Waals surface area contributed by atoms with Gasteiger partial charge in [0.15, 0.2) is 0 Å². The Morgan fingerprint density at radius 1 is 1.10 bits per heavy atom. The summed E-state index contributed by atoms with van der Waals surface area (Å²) in [6.07, 6.45) is -4.42. The third-order valence-corrected chi connectivity index (χ3v) is 2.88. The fourth-order valence-electron chi connectivity index (χ4n) is 1.56. The highest BCUT2D eigenvalue weighted by atomic mass is 35.5. The molecule has 0 saturated heterocycles. The summed E-state index contributed by atoms with van der Waals surface area (Å²) in [5, 5.41) is 8.84. The normalized spacial score (nSPS) is 11.2. The largest absolute Gasteiger partial charge is 0.478 e. The third-order valence-electron chi connectivity index (χ3n) is 2.59. The predicted molar refractivity (Wildman–Crippen MR) is 69.9 cm³/mol. The lowest BCUT2D eigenvalue weighted by Gasteiger charge is -2.10. The molecular weight excluding hydrogens is 309 g/mol. The minimum absolute atomic E-state index is 0.0141. The molecule has 0 unspecified atom stereocenters. The quantitative estimate of drug-likeness (QED) is 0.880. The Kier molecular flexibility index (Phi) is 4.09. The van der Waals surface area contributed by atoms with E-state index in [4.69, 9.17) is 21.4 Å². The fourth-order valence-corrected chi connectivity index (χ4v) is 1.77. The van der Waals surface area contributed by atoms with Crippen LogP contribution in [0.2, 0.25) is 5.02 Å². The number of rotatable bonds is 3. The van der Waals surface area contributed by atoms with Gasteiger partial charge in [0.1, 0.15) is 11.5 Å². The molecule has 0 bridgehead atoms. The maximum Gasteiger partial charge on any atom is 0.416 e. The Hall–Kier alpha value is -2.21. The SMILES string of the molecule is O=C(O)c1ccc(Oc2ccc(C(F)(F)F)cc2)c(Cl)c1. The van der Waals surface area contributed by atoms with Gasteiger partial charge in [0.2, 0.25) is 0 Å². The molecule has 2 aromatic rings. The Labute approximate surface area is 122 Å². The molecule has 2 rings (SSSR count). The molecule has 3 nitrogen and oxygen atoms in total. The van der Waals surface area contributed by atoms with Crippen LogP contribution >= 0.6 is 11.6 Å². The molecule has 0 aliphatic rings. The van der Waals surface area contributed by atoms with Gasteiger partial charge < -0.3 is 9.84 Å². The van der Waals surface area contributed by atoms with E-state index in [-0.39, 0.29) is 22.1 Å². The first kappa shape index (κ1) is 15.2. The van der Waals surface area contributed by atoms with Crippen LogP contribution in [0.3, 0.4) is 0 Å². The Morgan fingerprint density at radius 3 is 2.19 bits per heavy atom. The van der Waals surface area contributed by atoms with Crippen molar-refractivity contribution >= 4 is 17.6 Å². The second-order valence-electron chi connectivity index (χ2n) is 4.07. The summed E-state index contributed by atoms with van der Waals surface area (Å²) >= 11 is 5.86. The summed E-state index contributed by atoms with van der Waals surface area (Å²) in [6.45, 7) is 0. The van der Waals surface area contributed by atoms with Crippen molar-refractivity contribution in [1.29, 1.82) is 0 Å². The molecule has 1 N–H and O–H groups in total. The molecule has 0 saturated carbocycles. The van der Waals surface area contributed by atoms with Gasteiger partial charge in [-0.1, -0.05) is 11.6 Å². The minimum atomic E-state index is -4.42. The van der Waals surface area contributed by atoms with E-state index in [9.17, 15) is 18.0 Å². The summed E-state index contributed by atoms with van der Waals surface area (Å²) in [5.41, 5.74) is -0.804. The van der Waals surface area contributed by atoms with Crippen LogP contribution < -0.4 is 4.74 Å². The zero-order chi connectivity index (χ0) is 15.6. The summed E-state index contributed by atoms with van der Waals surface area (Å²) in [6, 6.07) is 7.90. The minimum Gasteiger partial charge on any atom is -0.478 e. The smallest absolute Gasteiger partial charge is 0.416 e. The predicted octanol–water partition coefficient (Wildman–Crippen LogP) is 4.85. The standard InChI is InChI=1S/C14H8ClF3O3/c15-11-7-8(13(19)20)1-6-12(11)21-10-4-2-9(3-5-10)14(16,17)18/h1-7H,(H,19,20). The number of hydrogen-bond acceptors (Lipinski definition) is 2. The van der Waals surface area contributed by atoms with Gasteiger partial charge in [-0.05, 0) is 42.5 Å². The van der Waals surface area contributed by atoms with Crippen molar-refractivity contribution in [3.05, 3.63) is 58.6 Å². The van der Waals surface area contributed by atoms with Gasteiger partial charge in [0.25, 0.3) is 0 Å². The van der Waals surface area contributed by atoms with E-state index in [1.807, 2.05) is 0 Å². The third kappa shape index (κ3) is 3.66. The number of alkyl halides is 3. The van der Waals surface area contributed by atoms with Crippen molar-refractivity contribution in [3.8, 4) is 11.5 Å². The van der Waals surface area contributed by atoms with E-state index in [0.717, 1.165) is 24.3 Å². The molecule has 110 valence electrons. The average Bonchev–Trinajstić information content (AvgIpc) is 2.40. The van der Waals surface area contributed by atoms with E-state index in [2.05, 4.69) is 0 Å². The molecule has 0 spiro atoms. The number of aromatic carboxylic acids is 1. The van der Waals surface area contributed by atoms with E-state index in [0.29, 0.717) is 0 Å². The second-order valence-corrected chi connectivity index (χ2v) is 4.48. The number of carboxylic acids is 1.